The normalized spacial score (nSPS) is 22.1. The standard InChI is InChI=1S/C14H23NS/c1-10(2)9-13(15-3)11-5-4-6-14-12(11)7-8-16-14/h7-8,10-11,13,15H,4-6,9H2,1-3H3. The van der Waals surface area contributed by atoms with E-state index in [1.807, 2.05) is 11.3 Å². The summed E-state index contributed by atoms with van der Waals surface area (Å²) in [6, 6.07) is 3.02. The Balaban J connectivity index is 2.15. The van der Waals surface area contributed by atoms with Gasteiger partial charge in [0, 0.05) is 16.8 Å². The molecule has 16 heavy (non-hydrogen) atoms. The average molecular weight is 237 g/mol. The second kappa shape index (κ2) is 5.33. The molecule has 1 N–H and O–H groups in total. The fourth-order valence-corrected chi connectivity index (χ4v) is 3.93. The smallest absolute Gasteiger partial charge is 0.0136 e. The largest absolute Gasteiger partial charge is 0.316 e. The Morgan fingerprint density at radius 2 is 2.31 bits per heavy atom. The number of likely N-dealkylation sites (N-methyl/N-ethyl adjacent to an activating group) is 1. The predicted molar refractivity (Wildman–Crippen MR) is 72.3 cm³/mol. The van der Waals surface area contributed by atoms with Gasteiger partial charge in [-0.05, 0) is 55.7 Å². The number of aryl methyl sites for hydroxylation is 1. The molecule has 2 atom stereocenters. The number of thiophene rings is 1. The van der Waals surface area contributed by atoms with Crippen LogP contribution in [0.1, 0.15) is 49.5 Å². The van der Waals surface area contributed by atoms with Crippen molar-refractivity contribution in [1.29, 1.82) is 0 Å². The Morgan fingerprint density at radius 1 is 1.50 bits per heavy atom. The molecule has 90 valence electrons. The number of hydrogen-bond donors (Lipinski definition) is 1. The van der Waals surface area contributed by atoms with Crippen molar-refractivity contribution in [3.8, 4) is 0 Å². The van der Waals surface area contributed by atoms with E-state index in [-0.39, 0.29) is 0 Å². The molecule has 0 fully saturated rings. The van der Waals surface area contributed by atoms with E-state index in [0.29, 0.717) is 6.04 Å². The van der Waals surface area contributed by atoms with Gasteiger partial charge in [0.05, 0.1) is 0 Å². The predicted octanol–water partition coefficient (Wildman–Crippen LogP) is 3.80. The molecule has 0 bridgehead atoms. The summed E-state index contributed by atoms with van der Waals surface area (Å²) in [6.07, 6.45) is 5.33. The van der Waals surface area contributed by atoms with Crippen LogP contribution in [0.5, 0.6) is 0 Å². The molecule has 0 aliphatic heterocycles. The van der Waals surface area contributed by atoms with Crippen LogP contribution in [0.3, 0.4) is 0 Å². The molecule has 0 saturated carbocycles. The van der Waals surface area contributed by atoms with Crippen LogP contribution in [0.4, 0.5) is 0 Å². The van der Waals surface area contributed by atoms with Gasteiger partial charge >= 0.3 is 0 Å². The topological polar surface area (TPSA) is 12.0 Å². The van der Waals surface area contributed by atoms with Gasteiger partial charge in [-0.3, -0.25) is 0 Å². The Kier molecular flexibility index (Phi) is 4.04. The van der Waals surface area contributed by atoms with Gasteiger partial charge in [0.15, 0.2) is 0 Å². The summed E-state index contributed by atoms with van der Waals surface area (Å²) in [4.78, 5) is 1.64. The van der Waals surface area contributed by atoms with E-state index in [1.54, 1.807) is 10.4 Å². The van der Waals surface area contributed by atoms with Gasteiger partial charge in [0.2, 0.25) is 0 Å². The highest BCUT2D eigenvalue weighted by Gasteiger charge is 2.27. The Morgan fingerprint density at radius 3 is 3.00 bits per heavy atom. The molecule has 1 heterocycles. The van der Waals surface area contributed by atoms with Gasteiger partial charge in [0.1, 0.15) is 0 Å². The minimum absolute atomic E-state index is 0.661. The first-order valence-corrected chi connectivity index (χ1v) is 7.34. The number of fused-ring (bicyclic) bond motifs is 1. The number of nitrogens with one attached hydrogen (secondary N) is 1. The fourth-order valence-electron chi connectivity index (χ4n) is 2.93. The monoisotopic (exact) mass is 237 g/mol. The van der Waals surface area contributed by atoms with Gasteiger partial charge in [-0.2, -0.15) is 0 Å². The summed E-state index contributed by atoms with van der Waals surface area (Å²) >= 11 is 1.95. The fraction of sp³-hybridized carbons (Fsp3) is 0.714. The van der Waals surface area contributed by atoms with E-state index >= 15 is 0 Å². The zero-order chi connectivity index (χ0) is 11.5. The Bertz CT molecular complexity index is 329. The van der Waals surface area contributed by atoms with Crippen molar-refractivity contribution in [1.82, 2.24) is 5.32 Å². The summed E-state index contributed by atoms with van der Waals surface area (Å²) in [5.41, 5.74) is 1.64. The van der Waals surface area contributed by atoms with Crippen molar-refractivity contribution in [2.24, 2.45) is 5.92 Å². The molecule has 0 radical (unpaired) electrons. The zero-order valence-electron chi connectivity index (χ0n) is 10.6. The SMILES string of the molecule is CNC(CC(C)C)C1CCCc2sccc21. The minimum Gasteiger partial charge on any atom is -0.316 e. The molecule has 0 spiro atoms. The third-order valence-corrected chi connectivity index (χ3v) is 4.68. The van der Waals surface area contributed by atoms with E-state index in [1.165, 1.54) is 25.7 Å². The van der Waals surface area contributed by atoms with E-state index in [4.69, 9.17) is 0 Å². The van der Waals surface area contributed by atoms with E-state index in [9.17, 15) is 0 Å². The van der Waals surface area contributed by atoms with Crippen LogP contribution >= 0.6 is 11.3 Å². The summed E-state index contributed by atoms with van der Waals surface area (Å²) < 4.78 is 0. The highest BCUT2D eigenvalue weighted by atomic mass is 32.1. The molecule has 2 heteroatoms. The van der Waals surface area contributed by atoms with E-state index < -0.39 is 0 Å². The molecule has 1 aromatic rings. The lowest BCUT2D eigenvalue weighted by atomic mass is 9.80. The first-order chi connectivity index (χ1) is 7.72. The molecule has 2 rings (SSSR count). The van der Waals surface area contributed by atoms with Gasteiger partial charge in [-0.1, -0.05) is 13.8 Å². The third-order valence-electron chi connectivity index (χ3n) is 3.68. The van der Waals surface area contributed by atoms with Gasteiger partial charge in [-0.25, -0.2) is 0 Å². The van der Waals surface area contributed by atoms with Crippen molar-refractivity contribution >= 4 is 11.3 Å². The number of rotatable bonds is 4. The Labute approximate surface area is 103 Å². The van der Waals surface area contributed by atoms with Crippen molar-refractivity contribution in [2.75, 3.05) is 7.05 Å². The maximum Gasteiger partial charge on any atom is 0.0136 e. The van der Waals surface area contributed by atoms with Crippen LogP contribution in [0, 0.1) is 5.92 Å². The second-order valence-corrected chi connectivity index (χ2v) is 6.32. The van der Waals surface area contributed by atoms with Crippen molar-refractivity contribution in [2.45, 2.75) is 51.5 Å². The highest BCUT2D eigenvalue weighted by molar-refractivity contribution is 7.10. The second-order valence-electron chi connectivity index (χ2n) is 5.32. The molecule has 1 aliphatic carbocycles. The zero-order valence-corrected chi connectivity index (χ0v) is 11.4. The maximum absolute atomic E-state index is 3.54. The minimum atomic E-state index is 0.661. The first-order valence-electron chi connectivity index (χ1n) is 6.46. The summed E-state index contributed by atoms with van der Waals surface area (Å²) in [5.74, 6) is 1.53. The molecule has 1 aliphatic rings. The lowest BCUT2D eigenvalue weighted by molar-refractivity contribution is 0.357. The average Bonchev–Trinajstić information content (AvgIpc) is 2.73. The van der Waals surface area contributed by atoms with Crippen molar-refractivity contribution < 1.29 is 0 Å². The summed E-state index contributed by atoms with van der Waals surface area (Å²) in [5, 5.41) is 5.81. The molecule has 1 aromatic heterocycles. The molecular formula is C14H23NS. The number of hydrogen-bond acceptors (Lipinski definition) is 2. The molecule has 0 amide bonds. The van der Waals surface area contributed by atoms with Gasteiger partial charge < -0.3 is 5.32 Å². The van der Waals surface area contributed by atoms with Gasteiger partial charge in [-0.15, -0.1) is 11.3 Å². The first kappa shape index (κ1) is 12.1. The van der Waals surface area contributed by atoms with Crippen LogP contribution in [0.15, 0.2) is 11.4 Å². The molecular weight excluding hydrogens is 214 g/mol. The molecule has 0 aromatic carbocycles. The van der Waals surface area contributed by atoms with Crippen molar-refractivity contribution in [3.05, 3.63) is 21.9 Å². The molecule has 2 unspecified atom stereocenters. The van der Waals surface area contributed by atoms with E-state index in [2.05, 4.69) is 37.7 Å². The quantitative estimate of drug-likeness (QED) is 0.840. The van der Waals surface area contributed by atoms with Gasteiger partial charge in [0.25, 0.3) is 0 Å². The molecule has 1 nitrogen and oxygen atoms in total. The lowest BCUT2D eigenvalue weighted by Gasteiger charge is -2.31. The van der Waals surface area contributed by atoms with Crippen LogP contribution in [0.25, 0.3) is 0 Å². The molecule has 0 saturated heterocycles. The Hall–Kier alpha value is -0.340. The summed E-state index contributed by atoms with van der Waals surface area (Å²) in [6.45, 7) is 4.64. The van der Waals surface area contributed by atoms with E-state index in [0.717, 1.165) is 11.8 Å². The van der Waals surface area contributed by atoms with Crippen LogP contribution in [-0.2, 0) is 6.42 Å². The maximum atomic E-state index is 3.54. The van der Waals surface area contributed by atoms with Crippen LogP contribution in [-0.4, -0.2) is 13.1 Å². The lowest BCUT2D eigenvalue weighted by Crippen LogP contribution is -2.34. The highest BCUT2D eigenvalue weighted by Crippen LogP contribution is 2.38. The third kappa shape index (κ3) is 2.49. The van der Waals surface area contributed by atoms with Crippen LogP contribution in [0.2, 0.25) is 0 Å². The van der Waals surface area contributed by atoms with Crippen LogP contribution < -0.4 is 5.32 Å². The summed E-state index contributed by atoms with van der Waals surface area (Å²) in [7, 11) is 2.12. The van der Waals surface area contributed by atoms with Crippen molar-refractivity contribution in [3.63, 3.8) is 0 Å².